The standard InChI is InChI=1S/C73H126F3N13O15/c1-26-28-29-46(13)61(104-51(18)90)60-65(95)79-52(27-2)68(98)81(19)50(17)67(97)86(24)59(47(14)39-103-40-56(91)89-34-32-88(33-35-89)31-30-73(74,75)76)64(94)80-57(44(9)10)71(101)82(20)53(36-41(3)4)63(93)77-48(15)62(92)78-49(16)66(96)83(21)54(37-42(5)6)69(99)84(22)55(38-43(7)8)70(100)85(23)58(45(11)12)72(102)87(60)25/h26,28,41-50,52-55,57-61H,27,29-40H2,1-25H3,(H,77,93)(H,78,92)(H,79,95)(H,80,94)/b28-26+/t46-,47-,48+,49-,50-,52+,53+,54+,55+,57+,58+,59+,60+,61-/m1/s1. The van der Waals surface area contributed by atoms with Crippen LogP contribution in [0.1, 0.15) is 163 Å². The maximum Gasteiger partial charge on any atom is 0.390 e. The highest BCUT2D eigenvalue weighted by atomic mass is 19.4. The van der Waals surface area contributed by atoms with E-state index >= 15 is 28.8 Å². The van der Waals surface area contributed by atoms with Crippen LogP contribution in [-0.2, 0) is 71.8 Å². The van der Waals surface area contributed by atoms with E-state index in [-0.39, 0.29) is 89.2 Å². The number of halogens is 3. The fraction of sp³-hybridized carbons (Fsp3) is 0.795. The van der Waals surface area contributed by atoms with Gasteiger partial charge in [-0.3, -0.25) is 67.2 Å². The van der Waals surface area contributed by atoms with Gasteiger partial charge < -0.3 is 69.9 Å². The predicted octanol–water partition coefficient (Wildman–Crippen LogP) is 3.93. The number of allylic oxidation sites excluding steroid dienone is 2. The molecule has 14 atom stereocenters. The Kier molecular flexibility index (Phi) is 37.5. The first-order valence-electron chi connectivity index (χ1n) is 36.6. The molecule has 12 amide bonds. The van der Waals surface area contributed by atoms with Gasteiger partial charge >= 0.3 is 12.1 Å². The van der Waals surface area contributed by atoms with Crippen LogP contribution in [0.25, 0.3) is 0 Å². The molecule has 0 radical (unpaired) electrons. The quantitative estimate of drug-likeness (QED) is 0.0935. The number of nitrogens with one attached hydrogen (secondary N) is 4. The van der Waals surface area contributed by atoms with E-state index in [1.54, 1.807) is 72.4 Å². The van der Waals surface area contributed by atoms with Crippen LogP contribution in [-0.4, -0.2) is 295 Å². The third kappa shape index (κ3) is 26.6. The minimum atomic E-state index is -4.35. The van der Waals surface area contributed by atoms with Gasteiger partial charge in [0.2, 0.25) is 70.9 Å². The number of amides is 12. The zero-order valence-electron chi connectivity index (χ0n) is 66.6. The highest BCUT2D eigenvalue weighted by Gasteiger charge is 2.48. The van der Waals surface area contributed by atoms with E-state index in [4.69, 9.17) is 9.47 Å². The molecule has 104 heavy (non-hydrogen) atoms. The number of ether oxygens (including phenoxy) is 2. The molecule has 0 unspecified atom stereocenters. The topological polar surface area (TPSA) is 318 Å². The third-order valence-corrected chi connectivity index (χ3v) is 19.6. The fourth-order valence-electron chi connectivity index (χ4n) is 13.2. The number of piperazine rings is 1. The number of carbonyl (C=O) groups excluding carboxylic acids is 13. The van der Waals surface area contributed by atoms with E-state index in [0.29, 0.717) is 0 Å². The number of alkyl halides is 3. The number of hydrogen-bond donors (Lipinski definition) is 4. The molecule has 0 saturated carbocycles. The number of carbonyl (C=O) groups is 13. The van der Waals surface area contributed by atoms with Crippen molar-refractivity contribution in [3.63, 3.8) is 0 Å². The molecule has 0 spiro atoms. The summed E-state index contributed by atoms with van der Waals surface area (Å²) in [5.41, 5.74) is 0. The number of nitrogens with zero attached hydrogens (tertiary/aromatic N) is 9. The highest BCUT2D eigenvalue weighted by molar-refractivity contribution is 6.00. The molecule has 0 aromatic heterocycles. The highest BCUT2D eigenvalue weighted by Crippen LogP contribution is 2.28. The molecule has 28 nitrogen and oxygen atoms in total. The summed E-state index contributed by atoms with van der Waals surface area (Å²) in [5, 5.41) is 10.9. The fourth-order valence-corrected chi connectivity index (χ4v) is 13.2. The Morgan fingerprint density at radius 1 is 0.529 bits per heavy atom. The predicted molar refractivity (Wildman–Crippen MR) is 387 cm³/mol. The Morgan fingerprint density at radius 2 is 1.00 bits per heavy atom. The summed E-state index contributed by atoms with van der Waals surface area (Å²) in [6.07, 6.45) is -2.81. The van der Waals surface area contributed by atoms with Crippen molar-refractivity contribution in [3.05, 3.63) is 12.2 Å². The van der Waals surface area contributed by atoms with Crippen LogP contribution in [0.3, 0.4) is 0 Å². The molecule has 0 bridgehead atoms. The number of esters is 1. The first-order valence-corrected chi connectivity index (χ1v) is 36.6. The Hall–Kier alpha value is -7.44. The van der Waals surface area contributed by atoms with E-state index in [0.717, 1.165) is 26.5 Å². The maximum atomic E-state index is 15.6. The molecule has 2 saturated heterocycles. The van der Waals surface area contributed by atoms with Crippen molar-refractivity contribution in [3.8, 4) is 0 Å². The van der Waals surface area contributed by atoms with E-state index in [2.05, 4.69) is 21.3 Å². The van der Waals surface area contributed by atoms with Crippen LogP contribution in [0.4, 0.5) is 13.2 Å². The lowest BCUT2D eigenvalue weighted by Crippen LogP contribution is -2.64. The Bertz CT molecular complexity index is 2960. The Morgan fingerprint density at radius 3 is 1.48 bits per heavy atom. The van der Waals surface area contributed by atoms with Gasteiger partial charge in [0.15, 0.2) is 0 Å². The lowest BCUT2D eigenvalue weighted by atomic mass is 9.91. The van der Waals surface area contributed by atoms with Crippen LogP contribution in [0.15, 0.2) is 12.2 Å². The lowest BCUT2D eigenvalue weighted by Gasteiger charge is -2.42. The molecule has 2 aliphatic rings. The Balaban J connectivity index is 3.07. The lowest BCUT2D eigenvalue weighted by molar-refractivity contribution is -0.164. The normalized spacial score (nSPS) is 26.3. The van der Waals surface area contributed by atoms with Crippen molar-refractivity contribution in [2.75, 3.05) is 95.3 Å². The van der Waals surface area contributed by atoms with Gasteiger partial charge in [-0.1, -0.05) is 102 Å². The van der Waals surface area contributed by atoms with Gasteiger partial charge in [-0.15, -0.1) is 0 Å². The zero-order valence-corrected chi connectivity index (χ0v) is 66.6. The second-order valence-electron chi connectivity index (χ2n) is 30.4. The smallest absolute Gasteiger partial charge is 0.390 e. The summed E-state index contributed by atoms with van der Waals surface area (Å²) in [7, 11) is 9.53. The number of likely N-dealkylation sites (N-methyl/N-ethyl adjacent to an activating group) is 7. The minimum Gasteiger partial charge on any atom is -0.459 e. The van der Waals surface area contributed by atoms with Gasteiger partial charge in [0, 0.05) is 94.9 Å². The van der Waals surface area contributed by atoms with Gasteiger partial charge in [-0.05, 0) is 95.3 Å². The summed E-state index contributed by atoms with van der Waals surface area (Å²) in [4.78, 5) is 203. The van der Waals surface area contributed by atoms with Crippen molar-refractivity contribution in [2.45, 2.75) is 242 Å². The minimum absolute atomic E-state index is 0.0623. The van der Waals surface area contributed by atoms with Crippen LogP contribution >= 0.6 is 0 Å². The van der Waals surface area contributed by atoms with Crippen molar-refractivity contribution >= 4 is 76.9 Å². The van der Waals surface area contributed by atoms with E-state index < -0.39 is 192 Å². The van der Waals surface area contributed by atoms with Crippen LogP contribution in [0, 0.1) is 41.4 Å². The zero-order chi connectivity index (χ0) is 80.0. The first kappa shape index (κ1) is 92.6. The van der Waals surface area contributed by atoms with Crippen molar-refractivity contribution < 1.29 is 85.0 Å². The van der Waals surface area contributed by atoms with Crippen molar-refractivity contribution in [2.24, 2.45) is 41.4 Å². The van der Waals surface area contributed by atoms with Crippen LogP contribution in [0.2, 0.25) is 0 Å². The summed E-state index contributed by atoms with van der Waals surface area (Å²) < 4.78 is 50.9. The maximum absolute atomic E-state index is 15.6. The molecule has 2 fully saturated rings. The Labute approximate surface area is 615 Å². The molecule has 2 rings (SSSR count). The van der Waals surface area contributed by atoms with Crippen LogP contribution < -0.4 is 21.3 Å². The number of hydrogen-bond acceptors (Lipinski definition) is 16. The van der Waals surface area contributed by atoms with Gasteiger partial charge in [-0.2, -0.15) is 13.2 Å². The number of rotatable bonds is 21. The molecule has 2 heterocycles. The van der Waals surface area contributed by atoms with Crippen molar-refractivity contribution in [1.29, 1.82) is 0 Å². The molecule has 2 aliphatic heterocycles. The summed E-state index contributed by atoms with van der Waals surface area (Å²) in [5.74, 6) is -13.5. The first-order chi connectivity index (χ1) is 48.1. The summed E-state index contributed by atoms with van der Waals surface area (Å²) in [6, 6.07) is -15.1. The molecule has 31 heteroatoms. The van der Waals surface area contributed by atoms with Crippen molar-refractivity contribution in [1.82, 2.24) is 65.4 Å². The SMILES string of the molecule is C/C=C/C[C@@H](C)[C@@H](OC(C)=O)[C@H]1C(=O)N[C@@H](CC)C(=O)N(C)[C@H](C)C(=O)N(C)[C@@H]([C@H](C)COCC(=O)N2CCN(CCC(F)(F)F)CC2)C(=O)N[C@@H](C(C)C)C(=O)N(C)[C@@H](CC(C)C)C(=O)N[C@@H](C)C(=O)N[C@H](C)C(=O)N(C)[C@@H](CC(C)C)C(=O)N(C)[C@@H](CC(C)C)C(=O)N(C)[C@@H](C(C)C)C(=O)N1C. The summed E-state index contributed by atoms with van der Waals surface area (Å²) >= 11 is 0. The largest absolute Gasteiger partial charge is 0.459 e. The van der Waals surface area contributed by atoms with Gasteiger partial charge in [0.1, 0.15) is 79.2 Å². The average molecular weight is 1480 g/mol. The third-order valence-electron chi connectivity index (χ3n) is 19.6. The van der Waals surface area contributed by atoms with E-state index in [1.165, 1.54) is 89.7 Å². The molecular weight excluding hydrogens is 1360 g/mol. The molecular formula is C73H126F3N13O15. The monoisotopic (exact) mass is 1480 g/mol. The van der Waals surface area contributed by atoms with Gasteiger partial charge in [-0.25, -0.2) is 0 Å². The molecule has 0 aromatic carbocycles. The summed E-state index contributed by atoms with van der Waals surface area (Å²) in [6.45, 7) is 29.1. The molecule has 4 N–H and O–H groups in total. The van der Waals surface area contributed by atoms with Crippen LogP contribution in [0.5, 0.6) is 0 Å². The second-order valence-corrected chi connectivity index (χ2v) is 30.4. The van der Waals surface area contributed by atoms with Gasteiger partial charge in [0.25, 0.3) is 0 Å². The molecule has 594 valence electrons. The van der Waals surface area contributed by atoms with E-state index in [1.807, 2.05) is 41.5 Å². The second kappa shape index (κ2) is 42.0. The van der Waals surface area contributed by atoms with E-state index in [9.17, 15) is 46.7 Å². The molecule has 0 aliphatic carbocycles. The molecule has 0 aromatic rings. The van der Waals surface area contributed by atoms with Gasteiger partial charge in [0.05, 0.1) is 13.0 Å². The average Bonchev–Trinajstić information content (AvgIpc) is 0.789.